The van der Waals surface area contributed by atoms with Gasteiger partial charge in [-0.1, -0.05) is 45.7 Å². The van der Waals surface area contributed by atoms with Gasteiger partial charge in [-0.2, -0.15) is 0 Å². The van der Waals surface area contributed by atoms with Crippen LogP contribution in [0.5, 0.6) is 0 Å². The minimum absolute atomic E-state index is 0.181. The van der Waals surface area contributed by atoms with Gasteiger partial charge in [0.25, 0.3) is 5.91 Å². The van der Waals surface area contributed by atoms with Gasteiger partial charge in [-0.05, 0) is 53.9 Å². The number of rotatable bonds is 7. The van der Waals surface area contributed by atoms with Gasteiger partial charge >= 0.3 is 0 Å². The summed E-state index contributed by atoms with van der Waals surface area (Å²) in [5.41, 5.74) is 2.27. The molecule has 0 bridgehead atoms. The molecular formula is C21H28ClFN2O4. The number of carbonyl (C=O) groups excluding carboxylic acids is 2. The van der Waals surface area contributed by atoms with Crippen LogP contribution in [0.25, 0.3) is 11.6 Å². The lowest BCUT2D eigenvalue weighted by molar-refractivity contribution is -0.116. The SMILES string of the molecule is CCC.CCCCNC(=O)/C(=C\c1ccc(Cl)o1)c1ccc(F)cc1.O=CNO. The van der Waals surface area contributed by atoms with E-state index in [4.69, 9.17) is 26.0 Å². The summed E-state index contributed by atoms with van der Waals surface area (Å²) >= 11 is 5.75. The van der Waals surface area contributed by atoms with Crippen molar-refractivity contribution in [1.29, 1.82) is 0 Å². The van der Waals surface area contributed by atoms with Crippen molar-refractivity contribution in [3.8, 4) is 0 Å². The summed E-state index contributed by atoms with van der Waals surface area (Å²) < 4.78 is 18.3. The lowest BCUT2D eigenvalue weighted by Crippen LogP contribution is -2.25. The van der Waals surface area contributed by atoms with Gasteiger partial charge in [0.05, 0.1) is 5.57 Å². The highest BCUT2D eigenvalue weighted by molar-refractivity contribution is 6.29. The smallest absolute Gasteiger partial charge is 0.252 e. The maximum absolute atomic E-state index is 13.1. The van der Waals surface area contributed by atoms with Crippen LogP contribution in [-0.4, -0.2) is 24.1 Å². The molecule has 0 unspecified atom stereocenters. The van der Waals surface area contributed by atoms with Crippen molar-refractivity contribution >= 4 is 35.6 Å². The van der Waals surface area contributed by atoms with Gasteiger partial charge in [-0.3, -0.25) is 14.8 Å². The number of halogens is 2. The molecule has 2 aromatic rings. The molecule has 0 aliphatic carbocycles. The highest BCUT2D eigenvalue weighted by atomic mass is 35.5. The van der Waals surface area contributed by atoms with Gasteiger partial charge in [0.1, 0.15) is 11.6 Å². The van der Waals surface area contributed by atoms with Crippen LogP contribution >= 0.6 is 11.6 Å². The zero-order chi connectivity index (χ0) is 22.1. The van der Waals surface area contributed by atoms with E-state index in [1.165, 1.54) is 24.0 Å². The van der Waals surface area contributed by atoms with E-state index in [0.29, 0.717) is 23.4 Å². The molecular weight excluding hydrogens is 399 g/mol. The second kappa shape index (κ2) is 16.3. The lowest BCUT2D eigenvalue weighted by atomic mass is 10.0. The maximum atomic E-state index is 13.1. The molecule has 2 rings (SSSR count). The molecule has 1 aromatic carbocycles. The fourth-order valence-electron chi connectivity index (χ4n) is 1.93. The average molecular weight is 427 g/mol. The molecule has 1 heterocycles. The number of hydroxylamine groups is 1. The number of hydrogen-bond donors (Lipinski definition) is 3. The van der Waals surface area contributed by atoms with Gasteiger partial charge in [0, 0.05) is 6.54 Å². The molecule has 8 heteroatoms. The van der Waals surface area contributed by atoms with Crippen LogP contribution in [-0.2, 0) is 9.59 Å². The average Bonchev–Trinajstić information content (AvgIpc) is 3.13. The van der Waals surface area contributed by atoms with E-state index in [-0.39, 0.29) is 23.4 Å². The van der Waals surface area contributed by atoms with Crippen molar-refractivity contribution in [3.05, 3.63) is 58.8 Å². The summed E-state index contributed by atoms with van der Waals surface area (Å²) in [5.74, 6) is -0.113. The maximum Gasteiger partial charge on any atom is 0.252 e. The fourth-order valence-corrected chi connectivity index (χ4v) is 2.08. The number of unbranched alkanes of at least 4 members (excludes halogenated alkanes) is 1. The minimum Gasteiger partial charge on any atom is -0.445 e. The highest BCUT2D eigenvalue weighted by Crippen LogP contribution is 2.22. The van der Waals surface area contributed by atoms with Crippen molar-refractivity contribution < 1.29 is 23.6 Å². The first-order valence-electron chi connectivity index (χ1n) is 9.27. The molecule has 2 amide bonds. The normalized spacial score (nSPS) is 10.1. The van der Waals surface area contributed by atoms with E-state index in [2.05, 4.69) is 19.2 Å². The lowest BCUT2D eigenvalue weighted by Gasteiger charge is -2.09. The number of carbonyl (C=O) groups is 2. The summed E-state index contributed by atoms with van der Waals surface area (Å²) in [6.07, 6.45) is 4.92. The van der Waals surface area contributed by atoms with Crippen LogP contribution in [0, 0.1) is 5.82 Å². The monoisotopic (exact) mass is 426 g/mol. The molecule has 1 aromatic heterocycles. The van der Waals surface area contributed by atoms with Gasteiger partial charge in [-0.15, -0.1) is 0 Å². The van der Waals surface area contributed by atoms with Crippen molar-refractivity contribution in [2.45, 2.75) is 40.0 Å². The van der Waals surface area contributed by atoms with Crippen molar-refractivity contribution in [2.75, 3.05) is 6.54 Å². The van der Waals surface area contributed by atoms with Crippen LogP contribution in [0.3, 0.4) is 0 Å². The Balaban J connectivity index is 0.000000975. The van der Waals surface area contributed by atoms with Gasteiger partial charge in [0.2, 0.25) is 6.41 Å². The summed E-state index contributed by atoms with van der Waals surface area (Å²) in [5, 5.41) is 10.4. The molecule has 6 nitrogen and oxygen atoms in total. The molecule has 0 saturated heterocycles. The topological polar surface area (TPSA) is 91.6 Å². The predicted octanol–water partition coefficient (Wildman–Crippen LogP) is 5.07. The second-order valence-electron chi connectivity index (χ2n) is 5.77. The molecule has 0 aliphatic heterocycles. The van der Waals surface area contributed by atoms with Crippen molar-refractivity contribution in [1.82, 2.24) is 10.8 Å². The van der Waals surface area contributed by atoms with Gasteiger partial charge in [-0.25, -0.2) is 9.87 Å². The number of amides is 2. The quantitative estimate of drug-likeness (QED) is 0.189. The Hall–Kier alpha value is -2.64. The second-order valence-corrected chi connectivity index (χ2v) is 6.14. The Bertz CT molecular complexity index is 745. The first-order chi connectivity index (χ1) is 13.9. The molecule has 0 atom stereocenters. The molecule has 0 fully saturated rings. The van der Waals surface area contributed by atoms with E-state index < -0.39 is 0 Å². The Morgan fingerprint density at radius 1 is 1.17 bits per heavy atom. The molecule has 3 N–H and O–H groups in total. The van der Waals surface area contributed by atoms with E-state index in [0.717, 1.165) is 12.8 Å². The van der Waals surface area contributed by atoms with Crippen molar-refractivity contribution in [2.24, 2.45) is 0 Å². The predicted molar refractivity (Wildman–Crippen MR) is 113 cm³/mol. The molecule has 0 aliphatic rings. The van der Waals surface area contributed by atoms with Crippen LogP contribution in [0.1, 0.15) is 51.4 Å². The number of hydrogen-bond acceptors (Lipinski definition) is 4. The molecule has 29 heavy (non-hydrogen) atoms. The Morgan fingerprint density at radius 2 is 1.76 bits per heavy atom. The summed E-state index contributed by atoms with van der Waals surface area (Å²) in [4.78, 5) is 21.2. The van der Waals surface area contributed by atoms with Crippen LogP contribution < -0.4 is 10.8 Å². The van der Waals surface area contributed by atoms with E-state index in [1.807, 2.05) is 6.92 Å². The summed E-state index contributed by atoms with van der Waals surface area (Å²) in [6, 6.07) is 9.03. The molecule has 0 saturated carbocycles. The number of furan rings is 1. The molecule has 0 spiro atoms. The third kappa shape index (κ3) is 11.7. The molecule has 160 valence electrons. The van der Waals surface area contributed by atoms with Crippen LogP contribution in [0.4, 0.5) is 4.39 Å². The standard InChI is InChI=1S/C17H17ClFNO2.C3H8.CH3NO2/c1-2-3-10-20-17(21)15(11-14-8-9-16(18)22-14)12-4-6-13(19)7-5-12;1-3-2;3-1-2-4/h4-9,11H,2-3,10H2,1H3,(H,20,21);3H2,1-2H3;1,4H,(H,2,3)/b15-11-;;. The highest BCUT2D eigenvalue weighted by Gasteiger charge is 2.13. The van der Waals surface area contributed by atoms with Gasteiger partial charge < -0.3 is 9.73 Å². The first-order valence-corrected chi connectivity index (χ1v) is 9.65. The first kappa shape index (κ1) is 26.4. The van der Waals surface area contributed by atoms with Crippen molar-refractivity contribution in [3.63, 3.8) is 0 Å². The Kier molecular flexibility index (Phi) is 14.8. The number of benzene rings is 1. The van der Waals surface area contributed by atoms with E-state index in [9.17, 15) is 9.18 Å². The largest absolute Gasteiger partial charge is 0.445 e. The summed E-state index contributed by atoms with van der Waals surface area (Å²) in [7, 11) is 0. The Labute approximate surface area is 175 Å². The van der Waals surface area contributed by atoms with Crippen LogP contribution in [0.15, 0.2) is 40.8 Å². The number of nitrogens with one attached hydrogen (secondary N) is 2. The summed E-state index contributed by atoms with van der Waals surface area (Å²) in [6.45, 7) is 6.89. The minimum atomic E-state index is -0.351. The fraction of sp³-hybridized carbons (Fsp3) is 0.333. The Morgan fingerprint density at radius 3 is 2.21 bits per heavy atom. The third-order valence-corrected chi connectivity index (χ3v) is 3.35. The zero-order valence-corrected chi connectivity index (χ0v) is 17.6. The third-order valence-electron chi connectivity index (χ3n) is 3.15. The van der Waals surface area contributed by atoms with Crippen LogP contribution in [0.2, 0.25) is 5.22 Å². The molecule has 0 radical (unpaired) electrons. The van der Waals surface area contributed by atoms with E-state index >= 15 is 0 Å². The zero-order valence-electron chi connectivity index (χ0n) is 16.9. The van der Waals surface area contributed by atoms with Gasteiger partial charge in [0.15, 0.2) is 5.22 Å². The van der Waals surface area contributed by atoms with E-state index in [1.54, 1.807) is 30.3 Å².